The fraction of sp³-hybridized carbons (Fsp3) is 0.400. The van der Waals surface area contributed by atoms with E-state index in [1.807, 2.05) is 20.8 Å². The first kappa shape index (κ1) is 25.4. The van der Waals surface area contributed by atoms with Crippen molar-refractivity contribution in [3.63, 3.8) is 0 Å². The largest absolute Gasteiger partial charge is 0.523 e. The van der Waals surface area contributed by atoms with Gasteiger partial charge in [0.05, 0.1) is 0 Å². The van der Waals surface area contributed by atoms with E-state index in [-0.39, 0.29) is 0 Å². The molecule has 0 N–H and O–H groups in total. The monoisotopic (exact) mass is 482 g/mol. The van der Waals surface area contributed by atoms with E-state index in [0.29, 0.717) is 10.4 Å². The minimum Gasteiger partial charge on any atom is -0.401 e. The maximum absolute atomic E-state index is 14.4. The van der Waals surface area contributed by atoms with Crippen LogP contribution in [0.5, 0.6) is 0 Å². The van der Waals surface area contributed by atoms with Crippen molar-refractivity contribution in [2.75, 3.05) is 13.2 Å². The summed E-state index contributed by atoms with van der Waals surface area (Å²) in [6.45, 7) is 2.21. The Kier molecular flexibility index (Phi) is 7.36. The number of hydrogen-bond donors (Lipinski definition) is 0. The van der Waals surface area contributed by atoms with Gasteiger partial charge in [0.2, 0.25) is 0 Å². The zero-order valence-corrected chi connectivity index (χ0v) is 18.9. The Morgan fingerprint density at radius 3 is 1.55 bits per heavy atom. The quantitative estimate of drug-likeness (QED) is 0.246. The maximum atomic E-state index is 14.4. The van der Waals surface area contributed by atoms with E-state index in [9.17, 15) is 30.4 Å². The molecule has 2 aromatic carbocycles. The molecule has 0 aliphatic carbocycles. The Bertz CT molecular complexity index is 919. The molecule has 0 atom stereocenters. The first-order valence-electron chi connectivity index (χ1n) is 9.21. The summed E-state index contributed by atoms with van der Waals surface area (Å²) in [5, 5.41) is 0.728. The fourth-order valence-electron chi connectivity index (χ4n) is 3.25. The molecule has 11 heteroatoms. The smallest absolute Gasteiger partial charge is 0.401 e. The summed E-state index contributed by atoms with van der Waals surface area (Å²) < 4.78 is 97.5. The zero-order chi connectivity index (χ0) is 23.6. The van der Waals surface area contributed by atoms with Crippen LogP contribution < -0.4 is 10.4 Å². The predicted octanol–water partition coefficient (Wildman–Crippen LogP) is 4.06. The third-order valence-corrected chi connectivity index (χ3v) is 10.6. The van der Waals surface area contributed by atoms with Crippen LogP contribution in [0.25, 0.3) is 0 Å². The van der Waals surface area contributed by atoms with Gasteiger partial charge >= 0.3 is 15.6 Å². The molecule has 0 aromatic heterocycles. The molecule has 0 bridgehead atoms. The third-order valence-electron chi connectivity index (χ3n) is 4.63. The lowest BCUT2D eigenvalue weighted by atomic mass is 10.2. The van der Waals surface area contributed by atoms with E-state index in [2.05, 4.69) is 4.18 Å². The second kappa shape index (κ2) is 8.97. The van der Waals surface area contributed by atoms with Gasteiger partial charge in [-0.05, 0) is 15.4 Å². The number of rotatable bonds is 8. The van der Waals surface area contributed by atoms with Gasteiger partial charge in [-0.25, -0.2) is 8.78 Å². The number of hydrogen-bond acceptors (Lipinski definition) is 4. The molecule has 0 aliphatic rings. The Morgan fingerprint density at radius 1 is 0.774 bits per heavy atom. The molecule has 0 saturated heterocycles. The summed E-state index contributed by atoms with van der Waals surface area (Å²) in [7, 11) is -9.52. The minimum atomic E-state index is -6.14. The second-order valence-corrected chi connectivity index (χ2v) is 13.9. The Hall–Kier alpha value is -1.82. The molecule has 172 valence electrons. The van der Waals surface area contributed by atoms with Gasteiger partial charge in [0.1, 0.15) is 13.2 Å². The van der Waals surface area contributed by atoms with Gasteiger partial charge in [-0.15, -0.1) is 0 Å². The van der Waals surface area contributed by atoms with Crippen LogP contribution in [0.4, 0.5) is 22.0 Å². The minimum absolute atomic E-state index is 0.648. The molecule has 0 fully saturated rings. The van der Waals surface area contributed by atoms with Crippen LogP contribution in [0.1, 0.15) is 20.8 Å². The summed E-state index contributed by atoms with van der Waals surface area (Å²) >= 11 is 0. The van der Waals surface area contributed by atoms with Crippen molar-refractivity contribution in [1.82, 2.24) is 0 Å². The molecule has 0 heterocycles. The van der Waals surface area contributed by atoms with Gasteiger partial charge in [-0.2, -0.15) is 21.6 Å². The van der Waals surface area contributed by atoms with E-state index in [1.165, 1.54) is 0 Å². The Morgan fingerprint density at radius 2 is 1.19 bits per heavy atom. The lowest BCUT2D eigenvalue weighted by Crippen LogP contribution is -2.67. The van der Waals surface area contributed by atoms with Crippen molar-refractivity contribution >= 4 is 28.8 Å². The van der Waals surface area contributed by atoms with Crippen molar-refractivity contribution in [1.29, 1.82) is 0 Å². The van der Waals surface area contributed by atoms with Crippen LogP contribution in [0, 0.1) is 0 Å². The summed E-state index contributed by atoms with van der Waals surface area (Å²) in [6, 6.07) is 17.5. The molecule has 0 radical (unpaired) electrons. The zero-order valence-electron chi connectivity index (χ0n) is 17.1. The SMILES string of the molecule is CC(C)(C)[Si](OCC(F)(F)COS(=O)(=O)C(F)(F)F)(c1ccccc1)c1ccccc1. The molecule has 0 spiro atoms. The highest BCUT2D eigenvalue weighted by atomic mass is 32.2. The highest BCUT2D eigenvalue weighted by molar-refractivity contribution is 7.87. The average Bonchev–Trinajstić information content (AvgIpc) is 2.67. The summed E-state index contributed by atoms with van der Waals surface area (Å²) in [4.78, 5) is 0. The Labute approximate surface area is 179 Å². The highest BCUT2D eigenvalue weighted by Gasteiger charge is 2.53. The van der Waals surface area contributed by atoms with Crippen molar-refractivity contribution in [3.05, 3.63) is 60.7 Å². The fourth-order valence-corrected chi connectivity index (χ4v) is 8.29. The van der Waals surface area contributed by atoms with Gasteiger partial charge < -0.3 is 4.43 Å². The molecular formula is C20H23F5O4SSi. The van der Waals surface area contributed by atoms with E-state index < -0.39 is 48.1 Å². The highest BCUT2D eigenvalue weighted by Crippen LogP contribution is 2.38. The lowest BCUT2D eigenvalue weighted by molar-refractivity contribution is -0.0886. The van der Waals surface area contributed by atoms with Crippen LogP contribution in [-0.2, 0) is 18.7 Å². The van der Waals surface area contributed by atoms with Crippen LogP contribution in [0.2, 0.25) is 5.04 Å². The first-order valence-corrected chi connectivity index (χ1v) is 12.5. The molecule has 0 amide bonds. The van der Waals surface area contributed by atoms with Crippen molar-refractivity contribution in [3.8, 4) is 0 Å². The lowest BCUT2D eigenvalue weighted by Gasteiger charge is -2.43. The van der Waals surface area contributed by atoms with Crippen LogP contribution in [0.15, 0.2) is 60.7 Å². The number of alkyl halides is 5. The molecule has 0 saturated carbocycles. The Balaban J connectivity index is 2.41. The second-order valence-electron chi connectivity index (χ2n) is 7.97. The number of benzene rings is 2. The standard InChI is InChI=1S/C20H23F5O4SSi/c1-18(2,3)31(16-10-6-4-7-11-16,17-12-8-5-9-13-17)29-15-19(21,22)14-28-30(26,27)20(23,24)25/h4-13H,14-15H2,1-3H3. The molecule has 2 aromatic rings. The van der Waals surface area contributed by atoms with Crippen molar-refractivity contribution in [2.24, 2.45) is 0 Å². The molecule has 0 aliphatic heterocycles. The van der Waals surface area contributed by atoms with Crippen LogP contribution in [0.3, 0.4) is 0 Å². The van der Waals surface area contributed by atoms with E-state index >= 15 is 0 Å². The van der Waals surface area contributed by atoms with Crippen LogP contribution >= 0.6 is 0 Å². The van der Waals surface area contributed by atoms with Crippen molar-refractivity contribution < 1.29 is 39.0 Å². The van der Waals surface area contributed by atoms with E-state index in [4.69, 9.17) is 4.43 Å². The van der Waals surface area contributed by atoms with Gasteiger partial charge in [-0.1, -0.05) is 81.4 Å². The predicted molar refractivity (Wildman–Crippen MR) is 109 cm³/mol. The van der Waals surface area contributed by atoms with Crippen LogP contribution in [-0.4, -0.2) is 41.4 Å². The molecule has 2 rings (SSSR count). The summed E-state index contributed by atoms with van der Waals surface area (Å²) in [5.41, 5.74) is -5.79. The topological polar surface area (TPSA) is 52.6 Å². The molecule has 4 nitrogen and oxygen atoms in total. The van der Waals surface area contributed by atoms with Gasteiger partial charge in [0.15, 0.2) is 0 Å². The van der Waals surface area contributed by atoms with E-state index in [1.54, 1.807) is 60.7 Å². The van der Waals surface area contributed by atoms with Crippen molar-refractivity contribution in [2.45, 2.75) is 37.2 Å². The van der Waals surface area contributed by atoms with Gasteiger partial charge in [-0.3, -0.25) is 4.18 Å². The number of halogens is 5. The third kappa shape index (κ3) is 5.70. The molecular weight excluding hydrogens is 459 g/mol. The summed E-state index contributed by atoms with van der Waals surface area (Å²) in [5.74, 6) is -3.98. The normalized spacial score (nSPS) is 13.9. The molecule has 0 unspecified atom stereocenters. The van der Waals surface area contributed by atoms with Gasteiger partial charge in [0, 0.05) is 0 Å². The van der Waals surface area contributed by atoms with Gasteiger partial charge in [0.25, 0.3) is 14.2 Å². The van der Waals surface area contributed by atoms with E-state index in [0.717, 1.165) is 0 Å². The maximum Gasteiger partial charge on any atom is 0.523 e. The summed E-state index contributed by atoms with van der Waals surface area (Å²) in [6.07, 6.45) is 0. The average molecular weight is 483 g/mol. The first-order chi connectivity index (χ1) is 14.1. The molecule has 31 heavy (non-hydrogen) atoms.